The van der Waals surface area contributed by atoms with Crippen LogP contribution in [0, 0.1) is 5.92 Å². The van der Waals surface area contributed by atoms with Crippen molar-refractivity contribution in [2.45, 2.75) is 52.3 Å². The minimum atomic E-state index is -4.32. The van der Waals surface area contributed by atoms with Crippen LogP contribution in [0.15, 0.2) is 12.4 Å². The second-order valence-corrected chi connectivity index (χ2v) is 4.78. The lowest BCUT2D eigenvalue weighted by atomic mass is 9.98. The number of alkyl halides is 3. The van der Waals surface area contributed by atoms with Gasteiger partial charge in [0.05, 0.1) is 11.9 Å². The molecular formula is C13H20F3N3O. The Morgan fingerprint density at radius 2 is 2.15 bits per heavy atom. The van der Waals surface area contributed by atoms with Crippen LogP contribution in [-0.2, 0) is 11.3 Å². The Hall–Kier alpha value is -1.53. The van der Waals surface area contributed by atoms with Crippen LogP contribution in [0.1, 0.15) is 39.5 Å². The highest BCUT2D eigenvalue weighted by Gasteiger charge is 2.28. The Balaban J connectivity index is 2.57. The number of unbranched alkanes of at least 4 members (excludes halogenated alkanes) is 1. The van der Waals surface area contributed by atoms with Crippen LogP contribution in [0.25, 0.3) is 0 Å². The second kappa shape index (κ2) is 7.31. The van der Waals surface area contributed by atoms with Gasteiger partial charge in [0.15, 0.2) is 0 Å². The van der Waals surface area contributed by atoms with E-state index in [0.29, 0.717) is 12.1 Å². The lowest BCUT2D eigenvalue weighted by Crippen LogP contribution is -2.22. The number of aromatic nitrogens is 2. The first kappa shape index (κ1) is 16.5. The molecule has 20 heavy (non-hydrogen) atoms. The Morgan fingerprint density at radius 3 is 2.70 bits per heavy atom. The summed E-state index contributed by atoms with van der Waals surface area (Å²) in [4.78, 5) is 12.0. The number of hydrogen-bond acceptors (Lipinski definition) is 2. The van der Waals surface area contributed by atoms with Crippen molar-refractivity contribution in [2.24, 2.45) is 5.92 Å². The molecule has 0 aliphatic rings. The number of anilines is 1. The van der Waals surface area contributed by atoms with Crippen LogP contribution < -0.4 is 5.32 Å². The zero-order chi connectivity index (χ0) is 15.2. The molecule has 7 heteroatoms. The van der Waals surface area contributed by atoms with Gasteiger partial charge < -0.3 is 5.32 Å². The number of halogens is 3. The summed E-state index contributed by atoms with van der Waals surface area (Å²) >= 11 is 0. The molecule has 0 bridgehead atoms. The first-order valence-corrected chi connectivity index (χ1v) is 6.75. The van der Waals surface area contributed by atoms with Gasteiger partial charge in [-0.25, -0.2) is 0 Å². The van der Waals surface area contributed by atoms with Crippen molar-refractivity contribution in [1.82, 2.24) is 9.78 Å². The molecule has 0 aromatic carbocycles. The molecule has 0 aliphatic carbocycles. The third-order valence-electron chi connectivity index (χ3n) is 3.01. The summed E-state index contributed by atoms with van der Waals surface area (Å²) in [7, 11) is 0. The fourth-order valence-electron chi connectivity index (χ4n) is 1.91. The molecule has 1 heterocycles. The summed E-state index contributed by atoms with van der Waals surface area (Å²) < 4.78 is 37.3. The van der Waals surface area contributed by atoms with E-state index < -0.39 is 12.7 Å². The van der Waals surface area contributed by atoms with Crippen molar-refractivity contribution >= 4 is 11.6 Å². The van der Waals surface area contributed by atoms with E-state index in [4.69, 9.17) is 0 Å². The van der Waals surface area contributed by atoms with Gasteiger partial charge in [-0.2, -0.15) is 18.3 Å². The van der Waals surface area contributed by atoms with Crippen LogP contribution >= 0.6 is 0 Å². The highest BCUT2D eigenvalue weighted by atomic mass is 19.4. The quantitative estimate of drug-likeness (QED) is 0.834. The maximum atomic E-state index is 12.2. The predicted molar refractivity (Wildman–Crippen MR) is 70.2 cm³/mol. The molecular weight excluding hydrogens is 271 g/mol. The van der Waals surface area contributed by atoms with Crippen molar-refractivity contribution in [3.8, 4) is 0 Å². The Bertz CT molecular complexity index is 429. The summed E-state index contributed by atoms with van der Waals surface area (Å²) in [5.41, 5.74) is 0.300. The van der Waals surface area contributed by atoms with E-state index in [9.17, 15) is 18.0 Å². The molecule has 1 rings (SSSR count). The van der Waals surface area contributed by atoms with Gasteiger partial charge in [-0.15, -0.1) is 0 Å². The standard InChI is InChI=1S/C13H20F3N3O/c1-3-5-6-10(4-2)12(20)18-11-7-17-19(8-11)9-13(14,15)16/h7-8,10H,3-6,9H2,1-2H3,(H,18,20). The molecule has 4 nitrogen and oxygen atoms in total. The van der Waals surface area contributed by atoms with Crippen LogP contribution in [0.5, 0.6) is 0 Å². The zero-order valence-electron chi connectivity index (χ0n) is 11.7. The Morgan fingerprint density at radius 1 is 1.45 bits per heavy atom. The van der Waals surface area contributed by atoms with Gasteiger partial charge >= 0.3 is 6.18 Å². The Labute approximate surface area is 116 Å². The van der Waals surface area contributed by atoms with Crippen LogP contribution in [0.3, 0.4) is 0 Å². The van der Waals surface area contributed by atoms with E-state index in [2.05, 4.69) is 10.4 Å². The van der Waals surface area contributed by atoms with Gasteiger partial charge in [-0.05, 0) is 12.8 Å². The van der Waals surface area contributed by atoms with Crippen molar-refractivity contribution in [3.63, 3.8) is 0 Å². The van der Waals surface area contributed by atoms with Crippen LogP contribution in [0.2, 0.25) is 0 Å². The normalized spacial score (nSPS) is 13.2. The highest BCUT2D eigenvalue weighted by molar-refractivity contribution is 5.92. The molecule has 0 radical (unpaired) electrons. The van der Waals surface area contributed by atoms with Gasteiger partial charge in [0.1, 0.15) is 6.54 Å². The van der Waals surface area contributed by atoms with Crippen LogP contribution in [-0.4, -0.2) is 21.9 Å². The first-order valence-electron chi connectivity index (χ1n) is 6.75. The SMILES string of the molecule is CCCCC(CC)C(=O)Nc1cnn(CC(F)(F)F)c1. The number of carbonyl (C=O) groups is 1. The molecule has 1 unspecified atom stereocenters. The van der Waals surface area contributed by atoms with Gasteiger partial charge in [-0.3, -0.25) is 9.48 Å². The molecule has 1 atom stereocenters. The van der Waals surface area contributed by atoms with Gasteiger partial charge in [0, 0.05) is 12.1 Å². The van der Waals surface area contributed by atoms with Gasteiger partial charge in [0.25, 0.3) is 0 Å². The number of rotatable bonds is 7. The van der Waals surface area contributed by atoms with Crippen molar-refractivity contribution < 1.29 is 18.0 Å². The van der Waals surface area contributed by atoms with Crippen molar-refractivity contribution in [1.29, 1.82) is 0 Å². The summed E-state index contributed by atoms with van der Waals surface area (Å²) in [5, 5.41) is 6.20. The molecule has 114 valence electrons. The molecule has 0 spiro atoms. The Kier molecular flexibility index (Phi) is 6.04. The lowest BCUT2D eigenvalue weighted by Gasteiger charge is -2.13. The number of nitrogens with one attached hydrogen (secondary N) is 1. The van der Waals surface area contributed by atoms with Crippen molar-refractivity contribution in [3.05, 3.63) is 12.4 Å². The molecule has 1 N–H and O–H groups in total. The summed E-state index contributed by atoms with van der Waals surface area (Å²) in [6.07, 6.45) is 1.57. The van der Waals surface area contributed by atoms with Gasteiger partial charge in [0.2, 0.25) is 5.91 Å². The topological polar surface area (TPSA) is 46.9 Å². The fourth-order valence-corrected chi connectivity index (χ4v) is 1.91. The molecule has 0 fully saturated rings. The average molecular weight is 291 g/mol. The minimum Gasteiger partial charge on any atom is -0.323 e. The third-order valence-corrected chi connectivity index (χ3v) is 3.01. The summed E-state index contributed by atoms with van der Waals surface area (Å²) in [6, 6.07) is 0. The average Bonchev–Trinajstić information content (AvgIpc) is 2.75. The van der Waals surface area contributed by atoms with E-state index in [-0.39, 0.29) is 11.8 Å². The highest BCUT2D eigenvalue weighted by Crippen LogP contribution is 2.19. The van der Waals surface area contributed by atoms with E-state index in [1.165, 1.54) is 12.4 Å². The van der Waals surface area contributed by atoms with Crippen LogP contribution in [0.4, 0.5) is 18.9 Å². The largest absolute Gasteiger partial charge is 0.408 e. The number of nitrogens with zero attached hydrogens (tertiary/aromatic N) is 2. The smallest absolute Gasteiger partial charge is 0.323 e. The minimum absolute atomic E-state index is 0.110. The summed E-state index contributed by atoms with van der Waals surface area (Å²) in [6.45, 7) is 2.81. The predicted octanol–water partition coefficient (Wildman–Crippen LogP) is 3.60. The van der Waals surface area contributed by atoms with Crippen molar-refractivity contribution in [2.75, 3.05) is 5.32 Å². The molecule has 1 aromatic rings. The molecule has 0 saturated carbocycles. The molecule has 0 saturated heterocycles. The van der Waals surface area contributed by atoms with E-state index in [1.807, 2.05) is 13.8 Å². The first-order chi connectivity index (χ1) is 9.35. The number of hydrogen-bond donors (Lipinski definition) is 1. The number of carbonyl (C=O) groups excluding carboxylic acids is 1. The number of amides is 1. The van der Waals surface area contributed by atoms with E-state index in [1.54, 1.807) is 0 Å². The van der Waals surface area contributed by atoms with E-state index >= 15 is 0 Å². The second-order valence-electron chi connectivity index (χ2n) is 4.78. The maximum Gasteiger partial charge on any atom is 0.408 e. The zero-order valence-corrected chi connectivity index (χ0v) is 11.7. The summed E-state index contributed by atoms with van der Waals surface area (Å²) in [5.74, 6) is -0.270. The monoisotopic (exact) mass is 291 g/mol. The molecule has 0 aliphatic heterocycles. The third kappa shape index (κ3) is 5.63. The fraction of sp³-hybridized carbons (Fsp3) is 0.692. The van der Waals surface area contributed by atoms with Gasteiger partial charge in [-0.1, -0.05) is 26.7 Å². The maximum absolute atomic E-state index is 12.2. The van der Waals surface area contributed by atoms with E-state index in [0.717, 1.165) is 23.9 Å². The lowest BCUT2D eigenvalue weighted by molar-refractivity contribution is -0.142. The molecule has 1 aromatic heterocycles. The molecule has 1 amide bonds.